The molecule has 5 heterocycles. The first kappa shape index (κ1) is 31.6. The first-order valence-electron chi connectivity index (χ1n) is 15.8. The Hall–Kier alpha value is -3.35. The summed E-state index contributed by atoms with van der Waals surface area (Å²) in [6.45, 7) is 13.5. The second-order valence-corrected chi connectivity index (χ2v) is 20.7. The largest absolute Gasteiger partial charge is 0.444 e. The minimum absolute atomic E-state index is 0.00423. The molecule has 1 amide bonds. The molecule has 2 N–H and O–H groups in total. The molecule has 0 saturated carbocycles. The number of ether oxygens (including phenoxy) is 2. The highest BCUT2D eigenvalue weighted by atomic mass is 35.5. The van der Waals surface area contributed by atoms with Crippen molar-refractivity contribution in [2.75, 3.05) is 11.5 Å². The van der Waals surface area contributed by atoms with Gasteiger partial charge in [0.05, 0.1) is 22.1 Å². The number of nitrogens with zero attached hydrogens (tertiary/aromatic N) is 5. The molecule has 0 aliphatic carbocycles. The van der Waals surface area contributed by atoms with E-state index < -0.39 is 13.7 Å². The van der Waals surface area contributed by atoms with Crippen molar-refractivity contribution in [3.63, 3.8) is 0 Å². The maximum Gasteiger partial charge on any atom is 0.407 e. The van der Waals surface area contributed by atoms with Gasteiger partial charge in [0, 0.05) is 62.6 Å². The Balaban J connectivity index is 1.37. The van der Waals surface area contributed by atoms with Gasteiger partial charge in [0.25, 0.3) is 5.56 Å². The number of benzene rings is 1. The number of hydrogen-bond donors (Lipinski definition) is 2. The molecule has 2 aliphatic rings. The molecule has 4 aromatic rings. The Morgan fingerprint density at radius 3 is 2.53 bits per heavy atom. The van der Waals surface area contributed by atoms with E-state index in [4.69, 9.17) is 26.1 Å². The van der Waals surface area contributed by atoms with E-state index in [0.29, 0.717) is 28.6 Å². The van der Waals surface area contributed by atoms with Crippen molar-refractivity contribution in [2.24, 2.45) is 7.05 Å². The smallest absolute Gasteiger partial charge is 0.407 e. The van der Waals surface area contributed by atoms with E-state index in [0.717, 1.165) is 53.8 Å². The maximum atomic E-state index is 14.3. The zero-order chi connectivity index (χ0) is 32.3. The molecule has 45 heavy (non-hydrogen) atoms. The lowest BCUT2D eigenvalue weighted by Gasteiger charge is -2.40. The molecule has 0 spiro atoms. The summed E-state index contributed by atoms with van der Waals surface area (Å²) in [5.74, 6) is 0.639. The van der Waals surface area contributed by atoms with Crippen LogP contribution < -0.4 is 15.8 Å². The molecular weight excluding hydrogens is 610 g/mol. The minimum Gasteiger partial charge on any atom is -0.444 e. The van der Waals surface area contributed by atoms with Crippen LogP contribution in [-0.4, -0.2) is 68.8 Å². The first-order valence-corrected chi connectivity index (χ1v) is 19.9. The van der Waals surface area contributed by atoms with Crippen LogP contribution in [0.15, 0.2) is 29.3 Å². The molecule has 2 bridgehead atoms. The van der Waals surface area contributed by atoms with Gasteiger partial charge in [-0.2, -0.15) is 10.1 Å². The van der Waals surface area contributed by atoms with Crippen LogP contribution in [-0.2, 0) is 23.3 Å². The second-order valence-electron chi connectivity index (χ2n) is 14.7. The van der Waals surface area contributed by atoms with Gasteiger partial charge in [-0.05, 0) is 58.6 Å². The Labute approximate surface area is 269 Å². The molecule has 13 heteroatoms. The minimum atomic E-state index is -1.28. The molecule has 2 saturated heterocycles. The lowest BCUT2D eigenvalue weighted by Crippen LogP contribution is -2.52. The van der Waals surface area contributed by atoms with Crippen LogP contribution in [0.2, 0.25) is 30.7 Å². The highest BCUT2D eigenvalue weighted by Gasteiger charge is 2.43. The molecular formula is C32H44ClN7O4Si. The molecule has 6 rings (SSSR count). The number of amides is 1. The zero-order valence-corrected chi connectivity index (χ0v) is 29.0. The quantitative estimate of drug-likeness (QED) is 0.170. The number of aromatic amines is 1. The topological polar surface area (TPSA) is 119 Å². The SMILES string of the molecule is Cn1c(N2[C@@H]3CC[C@H]2CC(NC(=O)OC(C)(C)C)C3)nc2c(c(-c3ccc4[nH]ncc4c3Cl)cn2COCC[Si](C)(C)C)c1=O. The van der Waals surface area contributed by atoms with Crippen LogP contribution in [0.3, 0.4) is 0 Å². The van der Waals surface area contributed by atoms with E-state index in [-0.39, 0.29) is 36.5 Å². The fourth-order valence-corrected chi connectivity index (χ4v) is 7.74. The lowest BCUT2D eigenvalue weighted by atomic mass is 9.98. The van der Waals surface area contributed by atoms with Gasteiger partial charge in [0.15, 0.2) is 5.65 Å². The van der Waals surface area contributed by atoms with E-state index >= 15 is 0 Å². The third-order valence-corrected chi connectivity index (χ3v) is 10.9. The monoisotopic (exact) mass is 653 g/mol. The number of H-pyrrole nitrogens is 1. The lowest BCUT2D eigenvalue weighted by molar-refractivity contribution is 0.0492. The molecule has 1 aromatic carbocycles. The zero-order valence-electron chi connectivity index (χ0n) is 27.2. The summed E-state index contributed by atoms with van der Waals surface area (Å²) in [5, 5.41) is 12.0. The predicted octanol–water partition coefficient (Wildman–Crippen LogP) is 6.27. The number of nitrogens with one attached hydrogen (secondary N) is 2. The van der Waals surface area contributed by atoms with Gasteiger partial charge in [-0.25, -0.2) is 4.79 Å². The molecule has 3 atom stereocenters. The predicted molar refractivity (Wildman–Crippen MR) is 181 cm³/mol. The summed E-state index contributed by atoms with van der Waals surface area (Å²) in [5.41, 5.74) is 2.18. The van der Waals surface area contributed by atoms with Gasteiger partial charge in [-0.1, -0.05) is 37.3 Å². The molecule has 2 fully saturated rings. The average molecular weight is 654 g/mol. The van der Waals surface area contributed by atoms with Gasteiger partial charge < -0.3 is 24.3 Å². The van der Waals surface area contributed by atoms with Gasteiger partial charge in [-0.15, -0.1) is 0 Å². The van der Waals surface area contributed by atoms with Crippen molar-refractivity contribution in [2.45, 2.75) is 103 Å². The maximum absolute atomic E-state index is 14.3. The van der Waals surface area contributed by atoms with Gasteiger partial charge >= 0.3 is 6.09 Å². The van der Waals surface area contributed by atoms with Gasteiger partial charge in [0.2, 0.25) is 5.95 Å². The van der Waals surface area contributed by atoms with E-state index in [9.17, 15) is 9.59 Å². The summed E-state index contributed by atoms with van der Waals surface area (Å²) >= 11 is 6.91. The van der Waals surface area contributed by atoms with Crippen molar-refractivity contribution in [1.82, 2.24) is 29.6 Å². The van der Waals surface area contributed by atoms with Crippen molar-refractivity contribution in [3.05, 3.63) is 39.9 Å². The number of fused-ring (bicyclic) bond motifs is 4. The third kappa shape index (κ3) is 6.37. The van der Waals surface area contributed by atoms with Crippen molar-refractivity contribution < 1.29 is 14.3 Å². The summed E-state index contributed by atoms with van der Waals surface area (Å²) in [6.07, 6.45) is 6.71. The first-order chi connectivity index (χ1) is 21.2. The number of rotatable bonds is 8. The van der Waals surface area contributed by atoms with Crippen LogP contribution >= 0.6 is 11.6 Å². The number of hydrogen-bond acceptors (Lipinski definition) is 7. The Morgan fingerprint density at radius 2 is 1.87 bits per heavy atom. The fourth-order valence-electron chi connectivity index (χ4n) is 6.67. The Morgan fingerprint density at radius 1 is 1.16 bits per heavy atom. The third-order valence-electron chi connectivity index (χ3n) is 8.83. The van der Waals surface area contributed by atoms with E-state index in [1.54, 1.807) is 17.8 Å². The van der Waals surface area contributed by atoms with Crippen LogP contribution in [0.5, 0.6) is 0 Å². The highest BCUT2D eigenvalue weighted by Crippen LogP contribution is 2.41. The van der Waals surface area contributed by atoms with Crippen molar-refractivity contribution in [3.8, 4) is 11.1 Å². The summed E-state index contributed by atoms with van der Waals surface area (Å²) in [4.78, 5) is 34.3. The molecule has 11 nitrogen and oxygen atoms in total. The summed E-state index contributed by atoms with van der Waals surface area (Å²) < 4.78 is 15.3. The van der Waals surface area contributed by atoms with Crippen LogP contribution in [0.4, 0.5) is 10.7 Å². The molecule has 0 radical (unpaired) electrons. The van der Waals surface area contributed by atoms with Gasteiger partial charge in [-0.3, -0.25) is 14.5 Å². The Bertz CT molecular complexity index is 1790. The number of carbonyl (C=O) groups excluding carboxylic acids is 1. The molecule has 242 valence electrons. The molecule has 1 unspecified atom stereocenters. The number of halogens is 1. The normalized spacial score (nSPS) is 20.4. The standard InChI is InChI=1S/C32H44ClN7O4Si/c1-32(2,3)44-31(42)35-19-14-20-8-9-21(15-19)40(20)30-36-28-26(29(41)38(30)4)24(17-39(28)18-43-12-13-45(5,6)7)22-10-11-25-23(27(22)33)16-34-37-25/h10-11,16-17,19-21H,8-9,12-15,18H2,1-7H3,(H,34,37)(H,35,42)/t19?,20-,21+. The van der Waals surface area contributed by atoms with Crippen LogP contribution in [0, 0.1) is 0 Å². The number of anilines is 1. The summed E-state index contributed by atoms with van der Waals surface area (Å²) in [7, 11) is 0.515. The average Bonchev–Trinajstić information content (AvgIpc) is 3.62. The van der Waals surface area contributed by atoms with E-state index in [1.165, 1.54) is 0 Å². The second kappa shape index (κ2) is 11.8. The van der Waals surface area contributed by atoms with Crippen molar-refractivity contribution in [1.29, 1.82) is 0 Å². The molecule has 3 aromatic heterocycles. The number of carbonyl (C=O) groups is 1. The van der Waals surface area contributed by atoms with Crippen molar-refractivity contribution >= 4 is 53.7 Å². The van der Waals surface area contributed by atoms with Crippen LogP contribution in [0.1, 0.15) is 46.5 Å². The van der Waals surface area contributed by atoms with Gasteiger partial charge in [0.1, 0.15) is 12.3 Å². The van der Waals surface area contributed by atoms with Crippen LogP contribution in [0.25, 0.3) is 33.1 Å². The van der Waals surface area contributed by atoms with E-state index in [1.807, 2.05) is 43.7 Å². The number of alkyl carbamates (subject to hydrolysis) is 1. The number of aromatic nitrogens is 5. The number of piperidine rings is 1. The Kier molecular flexibility index (Phi) is 8.28. The molecule has 2 aliphatic heterocycles. The van der Waals surface area contributed by atoms with E-state index in [2.05, 4.69) is 40.1 Å². The summed E-state index contributed by atoms with van der Waals surface area (Å²) in [6, 6.07) is 5.18. The highest BCUT2D eigenvalue weighted by molar-refractivity contribution is 6.76. The fraction of sp³-hybridized carbons (Fsp3) is 0.562.